The SMILES string of the molecule is Cn1cccc1C(=O)N1CC[C@](O)(CN2CCOCC2)C(C)(C)C1. The lowest BCUT2D eigenvalue weighted by atomic mass is 9.69. The summed E-state index contributed by atoms with van der Waals surface area (Å²) in [6.07, 6.45) is 2.49. The highest BCUT2D eigenvalue weighted by molar-refractivity contribution is 5.92. The molecule has 0 aliphatic carbocycles. The van der Waals surface area contributed by atoms with Crippen molar-refractivity contribution in [1.82, 2.24) is 14.4 Å². The van der Waals surface area contributed by atoms with E-state index in [-0.39, 0.29) is 11.3 Å². The van der Waals surface area contributed by atoms with Gasteiger partial charge in [-0.15, -0.1) is 0 Å². The van der Waals surface area contributed by atoms with Gasteiger partial charge < -0.3 is 19.3 Å². The molecule has 0 spiro atoms. The van der Waals surface area contributed by atoms with E-state index in [0.717, 1.165) is 26.3 Å². The fourth-order valence-corrected chi connectivity index (χ4v) is 3.80. The number of amides is 1. The third kappa shape index (κ3) is 3.23. The van der Waals surface area contributed by atoms with Gasteiger partial charge >= 0.3 is 0 Å². The van der Waals surface area contributed by atoms with Crippen LogP contribution in [0.25, 0.3) is 0 Å². The van der Waals surface area contributed by atoms with Gasteiger partial charge in [0.05, 0.1) is 18.8 Å². The third-order valence-corrected chi connectivity index (χ3v) is 5.68. The Bertz CT molecular complexity index is 592. The van der Waals surface area contributed by atoms with Crippen LogP contribution in [-0.4, -0.2) is 76.9 Å². The van der Waals surface area contributed by atoms with Crippen LogP contribution in [0.1, 0.15) is 30.8 Å². The molecule has 2 fully saturated rings. The molecule has 3 heterocycles. The minimum Gasteiger partial charge on any atom is -0.388 e. The van der Waals surface area contributed by atoms with Gasteiger partial charge in [-0.05, 0) is 18.6 Å². The van der Waals surface area contributed by atoms with Crippen molar-refractivity contribution in [2.45, 2.75) is 25.9 Å². The second-order valence-electron chi connectivity index (χ2n) is 7.79. The van der Waals surface area contributed by atoms with E-state index >= 15 is 0 Å². The van der Waals surface area contributed by atoms with Crippen LogP contribution < -0.4 is 0 Å². The lowest BCUT2D eigenvalue weighted by Gasteiger charge is -2.52. The zero-order chi connectivity index (χ0) is 17.4. The number of morpholine rings is 1. The number of carbonyl (C=O) groups is 1. The Morgan fingerprint density at radius 2 is 2.00 bits per heavy atom. The summed E-state index contributed by atoms with van der Waals surface area (Å²) in [5.41, 5.74) is -0.441. The van der Waals surface area contributed by atoms with Crippen molar-refractivity contribution in [2.75, 3.05) is 45.9 Å². The van der Waals surface area contributed by atoms with Gasteiger partial charge in [0.25, 0.3) is 5.91 Å². The molecule has 3 rings (SSSR count). The molecule has 1 aromatic heterocycles. The normalized spacial score (nSPS) is 28.1. The van der Waals surface area contributed by atoms with Crippen LogP contribution in [0.15, 0.2) is 18.3 Å². The highest BCUT2D eigenvalue weighted by Crippen LogP contribution is 2.39. The summed E-state index contributed by atoms with van der Waals surface area (Å²) in [5, 5.41) is 11.3. The largest absolute Gasteiger partial charge is 0.388 e. The first-order valence-electron chi connectivity index (χ1n) is 8.75. The Balaban J connectivity index is 1.69. The fourth-order valence-electron chi connectivity index (χ4n) is 3.80. The molecular weight excluding hydrogens is 306 g/mol. The van der Waals surface area contributed by atoms with E-state index < -0.39 is 5.60 Å². The summed E-state index contributed by atoms with van der Waals surface area (Å²) in [6, 6.07) is 3.74. The van der Waals surface area contributed by atoms with Crippen LogP contribution in [0, 0.1) is 5.41 Å². The van der Waals surface area contributed by atoms with E-state index in [2.05, 4.69) is 18.7 Å². The standard InChI is InChI=1S/C18H29N3O3/c1-17(2)13-21(16(22)15-5-4-7-19(15)3)8-6-18(17,23)14-20-9-11-24-12-10-20/h4-5,7,23H,6,8-14H2,1-3H3/t18-/m0/s1. The average molecular weight is 335 g/mol. The molecule has 1 atom stereocenters. The van der Waals surface area contributed by atoms with Crippen molar-refractivity contribution >= 4 is 5.91 Å². The van der Waals surface area contributed by atoms with Crippen LogP contribution in [0.2, 0.25) is 0 Å². The number of nitrogens with zero attached hydrogens (tertiary/aromatic N) is 3. The minimum absolute atomic E-state index is 0.0454. The number of likely N-dealkylation sites (tertiary alicyclic amines) is 1. The lowest BCUT2D eigenvalue weighted by molar-refractivity contribution is -0.133. The van der Waals surface area contributed by atoms with Gasteiger partial charge in [0.15, 0.2) is 0 Å². The van der Waals surface area contributed by atoms with Gasteiger partial charge in [-0.2, -0.15) is 0 Å². The quantitative estimate of drug-likeness (QED) is 0.894. The zero-order valence-electron chi connectivity index (χ0n) is 15.0. The van der Waals surface area contributed by atoms with E-state index in [9.17, 15) is 9.90 Å². The monoisotopic (exact) mass is 335 g/mol. The maximum absolute atomic E-state index is 12.8. The Labute approximate surface area is 144 Å². The van der Waals surface area contributed by atoms with E-state index in [1.807, 2.05) is 34.8 Å². The van der Waals surface area contributed by atoms with Gasteiger partial charge in [0, 0.05) is 51.4 Å². The number of hydrogen-bond acceptors (Lipinski definition) is 4. The molecule has 2 saturated heterocycles. The predicted octanol–water partition coefficient (Wildman–Crippen LogP) is 0.960. The number of rotatable bonds is 3. The third-order valence-electron chi connectivity index (χ3n) is 5.68. The van der Waals surface area contributed by atoms with Crippen LogP contribution in [0.5, 0.6) is 0 Å². The van der Waals surface area contributed by atoms with Crippen molar-refractivity contribution in [1.29, 1.82) is 0 Å². The number of aromatic nitrogens is 1. The smallest absolute Gasteiger partial charge is 0.270 e. The van der Waals surface area contributed by atoms with Crippen molar-refractivity contribution in [3.05, 3.63) is 24.0 Å². The van der Waals surface area contributed by atoms with Crippen molar-refractivity contribution in [2.24, 2.45) is 12.5 Å². The Kier molecular flexibility index (Phi) is 4.73. The molecule has 6 heteroatoms. The summed E-state index contributed by atoms with van der Waals surface area (Å²) in [6.45, 7) is 9.13. The van der Waals surface area contributed by atoms with Crippen LogP contribution in [0.3, 0.4) is 0 Å². The van der Waals surface area contributed by atoms with Gasteiger partial charge in [-0.25, -0.2) is 0 Å². The Morgan fingerprint density at radius 3 is 2.58 bits per heavy atom. The number of aryl methyl sites for hydroxylation is 1. The summed E-state index contributed by atoms with van der Waals surface area (Å²) in [7, 11) is 1.89. The molecule has 0 unspecified atom stereocenters. The number of aliphatic hydroxyl groups is 1. The molecular formula is C18H29N3O3. The van der Waals surface area contributed by atoms with Gasteiger partial charge in [-0.1, -0.05) is 13.8 Å². The van der Waals surface area contributed by atoms with Crippen LogP contribution in [-0.2, 0) is 11.8 Å². The Morgan fingerprint density at radius 1 is 1.29 bits per heavy atom. The molecule has 24 heavy (non-hydrogen) atoms. The molecule has 0 bridgehead atoms. The fraction of sp³-hybridized carbons (Fsp3) is 0.722. The van der Waals surface area contributed by atoms with E-state index in [4.69, 9.17) is 4.74 Å². The van der Waals surface area contributed by atoms with Crippen LogP contribution in [0.4, 0.5) is 0 Å². The molecule has 2 aliphatic heterocycles. The number of β-amino-alcohol motifs (C(OH)–C–C–N with tert-alkyl or cyclic N) is 1. The number of carbonyl (C=O) groups excluding carboxylic acids is 1. The molecule has 1 amide bonds. The minimum atomic E-state index is -0.782. The summed E-state index contributed by atoms with van der Waals surface area (Å²) < 4.78 is 7.25. The molecule has 134 valence electrons. The summed E-state index contributed by atoms with van der Waals surface area (Å²) >= 11 is 0. The molecule has 1 aromatic rings. The van der Waals surface area contributed by atoms with Crippen LogP contribution >= 0.6 is 0 Å². The molecule has 0 saturated carbocycles. The van der Waals surface area contributed by atoms with Gasteiger partial charge in [-0.3, -0.25) is 9.69 Å². The highest BCUT2D eigenvalue weighted by Gasteiger charge is 2.49. The maximum atomic E-state index is 12.8. The molecule has 2 aliphatic rings. The second-order valence-corrected chi connectivity index (χ2v) is 7.79. The van der Waals surface area contributed by atoms with Gasteiger partial charge in [0.2, 0.25) is 0 Å². The molecule has 0 aromatic carbocycles. The van der Waals surface area contributed by atoms with Gasteiger partial charge in [0.1, 0.15) is 5.69 Å². The topological polar surface area (TPSA) is 57.9 Å². The summed E-state index contributed by atoms with van der Waals surface area (Å²) in [4.78, 5) is 16.9. The maximum Gasteiger partial charge on any atom is 0.270 e. The number of ether oxygens (including phenoxy) is 1. The second kappa shape index (κ2) is 6.50. The highest BCUT2D eigenvalue weighted by atomic mass is 16.5. The average Bonchev–Trinajstić information content (AvgIpc) is 2.96. The van der Waals surface area contributed by atoms with E-state index in [0.29, 0.717) is 31.7 Å². The molecule has 6 nitrogen and oxygen atoms in total. The number of hydrogen-bond donors (Lipinski definition) is 1. The van der Waals surface area contributed by atoms with E-state index in [1.165, 1.54) is 0 Å². The summed E-state index contributed by atoms with van der Waals surface area (Å²) in [5.74, 6) is 0.0454. The van der Waals surface area contributed by atoms with Crippen molar-refractivity contribution in [3.8, 4) is 0 Å². The molecule has 1 N–H and O–H groups in total. The Hall–Kier alpha value is -1.37. The lowest BCUT2D eigenvalue weighted by Crippen LogP contribution is -2.63. The van der Waals surface area contributed by atoms with E-state index in [1.54, 1.807) is 0 Å². The first-order valence-corrected chi connectivity index (χ1v) is 8.75. The first kappa shape index (κ1) is 17.5. The van der Waals surface area contributed by atoms with Crippen molar-refractivity contribution in [3.63, 3.8) is 0 Å². The number of piperidine rings is 1. The predicted molar refractivity (Wildman–Crippen MR) is 91.9 cm³/mol. The molecule has 0 radical (unpaired) electrons. The first-order chi connectivity index (χ1) is 11.3. The van der Waals surface area contributed by atoms with Crippen molar-refractivity contribution < 1.29 is 14.6 Å². The zero-order valence-corrected chi connectivity index (χ0v) is 15.0.